The number of morpholine rings is 1. The number of aryl methyl sites for hydroxylation is 2. The van der Waals surface area contributed by atoms with Crippen LogP contribution in [-0.2, 0) is 18.3 Å². The van der Waals surface area contributed by atoms with E-state index in [1.165, 1.54) is 5.56 Å². The zero-order chi connectivity index (χ0) is 19.7. The van der Waals surface area contributed by atoms with Crippen LogP contribution in [0.2, 0.25) is 0 Å². The lowest BCUT2D eigenvalue weighted by atomic mass is 9.96. The van der Waals surface area contributed by atoms with Crippen molar-refractivity contribution in [3.8, 4) is 0 Å². The van der Waals surface area contributed by atoms with Gasteiger partial charge in [0, 0.05) is 50.4 Å². The smallest absolute Gasteiger partial charge is 0.146 e. The van der Waals surface area contributed by atoms with Crippen molar-refractivity contribution in [3.63, 3.8) is 0 Å². The number of piperidine rings is 1. The third-order valence-electron chi connectivity index (χ3n) is 6.03. The summed E-state index contributed by atoms with van der Waals surface area (Å²) in [4.78, 5) is 14.0. The number of hydrogen-bond acceptors (Lipinski definition) is 7. The van der Waals surface area contributed by atoms with Crippen LogP contribution < -0.4 is 4.90 Å². The maximum Gasteiger partial charge on any atom is 0.146 e. The molecule has 2 aromatic heterocycles. The standard InChI is InChI=1S/C20H31N7O/c1-14-15(2)21-16(3)22-19(14)27-7-5-6-17(12-27)20-24-23-18(25(20)4)13-26-8-10-28-11-9-26/h17H,5-13H2,1-4H3/t17-/m0/s1. The minimum atomic E-state index is 0.375. The summed E-state index contributed by atoms with van der Waals surface area (Å²) in [5.41, 5.74) is 2.24. The van der Waals surface area contributed by atoms with Crippen LogP contribution in [0.1, 0.15) is 47.5 Å². The molecule has 2 aromatic rings. The van der Waals surface area contributed by atoms with Gasteiger partial charge in [0.15, 0.2) is 0 Å². The minimum Gasteiger partial charge on any atom is -0.379 e. The van der Waals surface area contributed by atoms with Gasteiger partial charge in [-0.2, -0.15) is 0 Å². The molecular formula is C20H31N7O. The van der Waals surface area contributed by atoms with E-state index >= 15 is 0 Å². The SMILES string of the molecule is Cc1nc(C)c(C)c(N2CCC[C@H](c3nnc(CN4CCOCC4)n3C)C2)n1. The van der Waals surface area contributed by atoms with E-state index in [1.54, 1.807) is 0 Å². The molecule has 4 heterocycles. The molecule has 1 atom stereocenters. The Labute approximate surface area is 166 Å². The second kappa shape index (κ2) is 8.13. The van der Waals surface area contributed by atoms with Crippen molar-refractivity contribution in [1.29, 1.82) is 0 Å². The molecule has 2 aliphatic rings. The van der Waals surface area contributed by atoms with Crippen molar-refractivity contribution in [3.05, 3.63) is 28.7 Å². The first-order valence-corrected chi connectivity index (χ1v) is 10.3. The molecule has 4 rings (SSSR count). The van der Waals surface area contributed by atoms with Gasteiger partial charge in [-0.25, -0.2) is 9.97 Å². The van der Waals surface area contributed by atoms with Gasteiger partial charge in [-0.1, -0.05) is 0 Å². The number of rotatable bonds is 4. The van der Waals surface area contributed by atoms with E-state index in [9.17, 15) is 0 Å². The van der Waals surface area contributed by atoms with Crippen LogP contribution in [0.5, 0.6) is 0 Å². The van der Waals surface area contributed by atoms with E-state index in [2.05, 4.69) is 50.4 Å². The molecule has 0 amide bonds. The van der Waals surface area contributed by atoms with Gasteiger partial charge in [-0.3, -0.25) is 4.90 Å². The van der Waals surface area contributed by atoms with Crippen LogP contribution in [0.3, 0.4) is 0 Å². The summed E-state index contributed by atoms with van der Waals surface area (Å²) >= 11 is 0. The molecule has 0 N–H and O–H groups in total. The van der Waals surface area contributed by atoms with Crippen molar-refractivity contribution in [2.24, 2.45) is 7.05 Å². The molecule has 0 saturated carbocycles. The quantitative estimate of drug-likeness (QED) is 0.794. The van der Waals surface area contributed by atoms with Crippen LogP contribution in [0.25, 0.3) is 0 Å². The summed E-state index contributed by atoms with van der Waals surface area (Å²) in [5, 5.41) is 9.10. The summed E-state index contributed by atoms with van der Waals surface area (Å²) < 4.78 is 7.65. The van der Waals surface area contributed by atoms with Crippen LogP contribution in [0, 0.1) is 20.8 Å². The van der Waals surface area contributed by atoms with Crippen LogP contribution in [-0.4, -0.2) is 69.0 Å². The number of anilines is 1. The van der Waals surface area contributed by atoms with Gasteiger partial charge in [0.25, 0.3) is 0 Å². The average molecular weight is 386 g/mol. The minimum absolute atomic E-state index is 0.375. The van der Waals surface area contributed by atoms with Gasteiger partial charge in [0.05, 0.1) is 19.8 Å². The van der Waals surface area contributed by atoms with Gasteiger partial charge in [0.2, 0.25) is 0 Å². The summed E-state index contributed by atoms with van der Waals surface area (Å²) in [6.07, 6.45) is 2.28. The molecule has 0 unspecified atom stereocenters. The molecule has 152 valence electrons. The summed E-state index contributed by atoms with van der Waals surface area (Å²) in [7, 11) is 2.11. The van der Waals surface area contributed by atoms with Crippen molar-refractivity contribution in [2.75, 3.05) is 44.3 Å². The Balaban J connectivity index is 1.51. The zero-order valence-electron chi connectivity index (χ0n) is 17.5. The van der Waals surface area contributed by atoms with Gasteiger partial charge in [-0.05, 0) is 33.6 Å². The van der Waals surface area contributed by atoms with Crippen LogP contribution in [0.15, 0.2) is 0 Å². The molecule has 8 heteroatoms. The lowest BCUT2D eigenvalue weighted by molar-refractivity contribution is 0.0326. The first-order valence-electron chi connectivity index (χ1n) is 10.3. The van der Waals surface area contributed by atoms with Crippen molar-refractivity contribution >= 4 is 5.82 Å². The van der Waals surface area contributed by atoms with Crippen molar-refractivity contribution in [1.82, 2.24) is 29.6 Å². The Morgan fingerprint density at radius 2 is 1.82 bits per heavy atom. The highest BCUT2D eigenvalue weighted by Gasteiger charge is 2.28. The second-order valence-corrected chi connectivity index (χ2v) is 8.01. The fourth-order valence-corrected chi connectivity index (χ4v) is 4.27. The summed E-state index contributed by atoms with van der Waals surface area (Å²) in [6, 6.07) is 0. The normalized spacial score (nSPS) is 21.3. The maximum atomic E-state index is 5.45. The number of aromatic nitrogens is 5. The van der Waals surface area contributed by atoms with E-state index in [1.807, 2.05) is 6.92 Å². The van der Waals surface area contributed by atoms with E-state index in [4.69, 9.17) is 9.72 Å². The molecule has 0 aromatic carbocycles. The molecule has 0 aliphatic carbocycles. The Kier molecular flexibility index (Phi) is 5.59. The molecule has 2 aliphatic heterocycles. The Bertz CT molecular complexity index is 828. The Hall–Kier alpha value is -2.06. The molecule has 0 spiro atoms. The summed E-state index contributed by atoms with van der Waals surface area (Å²) in [6.45, 7) is 12.5. The molecule has 0 radical (unpaired) electrons. The molecule has 0 bridgehead atoms. The van der Waals surface area contributed by atoms with Gasteiger partial charge >= 0.3 is 0 Å². The molecule has 28 heavy (non-hydrogen) atoms. The third kappa shape index (κ3) is 3.89. The highest BCUT2D eigenvalue weighted by atomic mass is 16.5. The summed E-state index contributed by atoms with van der Waals surface area (Å²) in [5.74, 6) is 4.42. The molecular weight excluding hydrogens is 354 g/mol. The highest BCUT2D eigenvalue weighted by molar-refractivity contribution is 5.49. The highest BCUT2D eigenvalue weighted by Crippen LogP contribution is 2.30. The zero-order valence-corrected chi connectivity index (χ0v) is 17.5. The van der Waals surface area contributed by atoms with E-state index < -0.39 is 0 Å². The van der Waals surface area contributed by atoms with E-state index in [0.29, 0.717) is 5.92 Å². The largest absolute Gasteiger partial charge is 0.379 e. The van der Waals surface area contributed by atoms with Gasteiger partial charge in [0.1, 0.15) is 23.3 Å². The fourth-order valence-electron chi connectivity index (χ4n) is 4.27. The van der Waals surface area contributed by atoms with Gasteiger partial charge < -0.3 is 14.2 Å². The molecule has 2 saturated heterocycles. The van der Waals surface area contributed by atoms with E-state index in [0.717, 1.165) is 87.8 Å². The second-order valence-electron chi connectivity index (χ2n) is 8.01. The Morgan fingerprint density at radius 1 is 1.04 bits per heavy atom. The predicted octanol–water partition coefficient (Wildman–Crippen LogP) is 1.75. The fraction of sp³-hybridized carbons (Fsp3) is 0.700. The van der Waals surface area contributed by atoms with Crippen LogP contribution in [0.4, 0.5) is 5.82 Å². The number of ether oxygens (including phenoxy) is 1. The first-order chi connectivity index (χ1) is 13.5. The van der Waals surface area contributed by atoms with E-state index in [-0.39, 0.29) is 0 Å². The van der Waals surface area contributed by atoms with Crippen LogP contribution >= 0.6 is 0 Å². The average Bonchev–Trinajstić information content (AvgIpc) is 3.06. The van der Waals surface area contributed by atoms with Gasteiger partial charge in [-0.15, -0.1) is 10.2 Å². The van der Waals surface area contributed by atoms with Crippen molar-refractivity contribution < 1.29 is 4.74 Å². The lowest BCUT2D eigenvalue weighted by Crippen LogP contribution is -2.37. The Morgan fingerprint density at radius 3 is 2.61 bits per heavy atom. The molecule has 2 fully saturated rings. The first kappa shape index (κ1) is 19.3. The number of hydrogen-bond donors (Lipinski definition) is 0. The maximum absolute atomic E-state index is 5.45. The monoisotopic (exact) mass is 385 g/mol. The predicted molar refractivity (Wildman–Crippen MR) is 108 cm³/mol. The third-order valence-corrected chi connectivity index (χ3v) is 6.03. The topological polar surface area (TPSA) is 72.2 Å². The number of nitrogens with zero attached hydrogens (tertiary/aromatic N) is 7. The lowest BCUT2D eigenvalue weighted by Gasteiger charge is -2.34. The molecule has 8 nitrogen and oxygen atoms in total. The van der Waals surface area contributed by atoms with Crippen molar-refractivity contribution in [2.45, 2.75) is 46.1 Å².